The number of methoxy groups -OCH3 is 1. The van der Waals surface area contributed by atoms with Gasteiger partial charge in [0.1, 0.15) is 5.41 Å². The number of hydrogen-bond donors (Lipinski definition) is 0. The van der Waals surface area contributed by atoms with Gasteiger partial charge in [-0.15, -0.1) is 6.58 Å². The highest BCUT2D eigenvalue weighted by atomic mass is 19.3. The van der Waals surface area contributed by atoms with E-state index in [1.807, 2.05) is 0 Å². The molecule has 1 atom stereocenters. The van der Waals surface area contributed by atoms with Crippen molar-refractivity contribution in [1.29, 1.82) is 0 Å². The standard InChI is InChI=1S/C15H19F3O/c1-3-13(9-7-8-12(16)15(13,17)18)14(19-2)10-5-4-6-11-14/h3,7-9H,1,4-6,10-11H2,2H3. The fourth-order valence-electron chi connectivity index (χ4n) is 3.42. The van der Waals surface area contributed by atoms with Crippen LogP contribution in [0.1, 0.15) is 32.1 Å². The molecule has 1 saturated carbocycles. The second-order valence-electron chi connectivity index (χ2n) is 5.28. The number of ether oxygens (including phenoxy) is 1. The Labute approximate surface area is 111 Å². The van der Waals surface area contributed by atoms with Gasteiger partial charge < -0.3 is 4.74 Å². The molecule has 0 amide bonds. The monoisotopic (exact) mass is 272 g/mol. The molecule has 0 aromatic heterocycles. The molecule has 0 heterocycles. The van der Waals surface area contributed by atoms with Crippen molar-refractivity contribution in [2.45, 2.75) is 43.6 Å². The molecule has 1 nitrogen and oxygen atoms in total. The number of allylic oxidation sites excluding steroid dienone is 3. The van der Waals surface area contributed by atoms with Gasteiger partial charge in [0.05, 0.1) is 5.60 Å². The van der Waals surface area contributed by atoms with Crippen LogP contribution >= 0.6 is 0 Å². The summed E-state index contributed by atoms with van der Waals surface area (Å²) in [5.74, 6) is -5.03. The molecule has 2 aliphatic carbocycles. The lowest BCUT2D eigenvalue weighted by Crippen LogP contribution is -2.59. The summed E-state index contributed by atoms with van der Waals surface area (Å²) in [6, 6.07) is 0. The van der Waals surface area contributed by atoms with Crippen molar-refractivity contribution < 1.29 is 17.9 Å². The SMILES string of the molecule is C=CC1(C2(OC)CCCCC2)C=CC=C(F)C1(F)F. The molecule has 4 heteroatoms. The zero-order valence-corrected chi connectivity index (χ0v) is 11.1. The first-order valence-electron chi connectivity index (χ1n) is 6.58. The Morgan fingerprint density at radius 2 is 1.89 bits per heavy atom. The summed E-state index contributed by atoms with van der Waals surface area (Å²) < 4.78 is 48.1. The molecule has 0 radical (unpaired) electrons. The Balaban J connectivity index is 2.56. The highest BCUT2D eigenvalue weighted by Crippen LogP contribution is 2.58. The molecule has 106 valence electrons. The predicted octanol–water partition coefficient (Wildman–Crippen LogP) is 4.57. The maximum absolute atomic E-state index is 14.5. The fourth-order valence-corrected chi connectivity index (χ4v) is 3.42. The molecule has 0 aromatic carbocycles. The Bertz CT molecular complexity index is 419. The van der Waals surface area contributed by atoms with E-state index in [9.17, 15) is 13.2 Å². The Morgan fingerprint density at radius 1 is 1.26 bits per heavy atom. The molecule has 2 aliphatic rings. The van der Waals surface area contributed by atoms with E-state index in [1.165, 1.54) is 19.3 Å². The van der Waals surface area contributed by atoms with E-state index in [0.717, 1.165) is 31.4 Å². The first kappa shape index (κ1) is 14.4. The smallest absolute Gasteiger partial charge is 0.313 e. The fraction of sp³-hybridized carbons (Fsp3) is 0.600. The van der Waals surface area contributed by atoms with Crippen molar-refractivity contribution in [2.75, 3.05) is 7.11 Å². The van der Waals surface area contributed by atoms with E-state index in [4.69, 9.17) is 4.74 Å². The van der Waals surface area contributed by atoms with Crippen LogP contribution in [0.4, 0.5) is 13.2 Å². The first-order chi connectivity index (χ1) is 8.96. The van der Waals surface area contributed by atoms with Crippen molar-refractivity contribution in [3.05, 3.63) is 36.7 Å². The van der Waals surface area contributed by atoms with Crippen LogP contribution in [0.25, 0.3) is 0 Å². The third kappa shape index (κ3) is 1.80. The van der Waals surface area contributed by atoms with Crippen LogP contribution in [0.5, 0.6) is 0 Å². The number of hydrogen-bond acceptors (Lipinski definition) is 1. The summed E-state index contributed by atoms with van der Waals surface area (Å²) in [5, 5.41) is 0. The predicted molar refractivity (Wildman–Crippen MR) is 68.7 cm³/mol. The van der Waals surface area contributed by atoms with Gasteiger partial charge in [-0.2, -0.15) is 8.78 Å². The van der Waals surface area contributed by atoms with Crippen LogP contribution in [0, 0.1) is 5.41 Å². The van der Waals surface area contributed by atoms with Gasteiger partial charge in [0.15, 0.2) is 5.83 Å². The Morgan fingerprint density at radius 3 is 2.42 bits per heavy atom. The van der Waals surface area contributed by atoms with Crippen molar-refractivity contribution in [2.24, 2.45) is 5.41 Å². The topological polar surface area (TPSA) is 9.23 Å². The highest BCUT2D eigenvalue weighted by molar-refractivity contribution is 5.37. The van der Waals surface area contributed by atoms with Crippen LogP contribution in [-0.4, -0.2) is 18.6 Å². The van der Waals surface area contributed by atoms with Gasteiger partial charge in [-0.1, -0.05) is 37.5 Å². The van der Waals surface area contributed by atoms with E-state index in [-0.39, 0.29) is 0 Å². The number of alkyl halides is 2. The maximum atomic E-state index is 14.5. The van der Waals surface area contributed by atoms with Crippen LogP contribution < -0.4 is 0 Å². The van der Waals surface area contributed by atoms with E-state index < -0.39 is 22.8 Å². The minimum absolute atomic E-state index is 0.489. The van der Waals surface area contributed by atoms with Gasteiger partial charge >= 0.3 is 5.92 Å². The molecular formula is C15H19F3O. The molecule has 2 rings (SSSR count). The van der Waals surface area contributed by atoms with Gasteiger partial charge in [-0.05, 0) is 18.9 Å². The average Bonchev–Trinajstić information content (AvgIpc) is 2.42. The molecule has 0 spiro atoms. The lowest BCUT2D eigenvalue weighted by atomic mass is 9.60. The Hall–Kier alpha value is -1.03. The van der Waals surface area contributed by atoms with Crippen molar-refractivity contribution in [3.63, 3.8) is 0 Å². The van der Waals surface area contributed by atoms with Crippen molar-refractivity contribution in [3.8, 4) is 0 Å². The van der Waals surface area contributed by atoms with Gasteiger partial charge in [0.2, 0.25) is 0 Å². The normalized spacial score (nSPS) is 32.7. The quantitative estimate of drug-likeness (QED) is 0.684. The zero-order valence-electron chi connectivity index (χ0n) is 11.1. The summed E-state index contributed by atoms with van der Waals surface area (Å²) in [6.07, 6.45) is 8.23. The first-order valence-corrected chi connectivity index (χ1v) is 6.58. The Kier molecular flexibility index (Phi) is 3.65. The van der Waals surface area contributed by atoms with Crippen molar-refractivity contribution in [1.82, 2.24) is 0 Å². The molecule has 0 N–H and O–H groups in total. The van der Waals surface area contributed by atoms with Crippen LogP contribution in [0.15, 0.2) is 36.7 Å². The number of halogens is 3. The lowest BCUT2D eigenvalue weighted by molar-refractivity contribution is -0.188. The molecule has 1 fully saturated rings. The third-order valence-corrected chi connectivity index (χ3v) is 4.55. The van der Waals surface area contributed by atoms with Crippen LogP contribution in [0.2, 0.25) is 0 Å². The van der Waals surface area contributed by atoms with Gasteiger partial charge in [0.25, 0.3) is 0 Å². The third-order valence-electron chi connectivity index (χ3n) is 4.55. The highest BCUT2D eigenvalue weighted by Gasteiger charge is 2.65. The summed E-state index contributed by atoms with van der Waals surface area (Å²) in [6.45, 7) is 3.55. The minimum Gasteiger partial charge on any atom is -0.377 e. The van der Waals surface area contributed by atoms with E-state index >= 15 is 0 Å². The maximum Gasteiger partial charge on any atom is 0.313 e. The van der Waals surface area contributed by atoms with Crippen molar-refractivity contribution >= 4 is 0 Å². The largest absolute Gasteiger partial charge is 0.377 e. The second-order valence-corrected chi connectivity index (χ2v) is 5.28. The molecule has 19 heavy (non-hydrogen) atoms. The molecule has 1 unspecified atom stereocenters. The summed E-state index contributed by atoms with van der Waals surface area (Å²) in [5.41, 5.74) is -2.90. The summed E-state index contributed by atoms with van der Waals surface area (Å²) in [4.78, 5) is 0. The summed E-state index contributed by atoms with van der Waals surface area (Å²) in [7, 11) is 1.43. The number of rotatable bonds is 3. The van der Waals surface area contributed by atoms with Gasteiger partial charge in [0, 0.05) is 7.11 Å². The minimum atomic E-state index is -3.61. The van der Waals surface area contributed by atoms with E-state index in [1.54, 1.807) is 0 Å². The molecule has 0 bridgehead atoms. The zero-order chi connectivity index (χ0) is 14.1. The van der Waals surface area contributed by atoms with Gasteiger partial charge in [-0.25, -0.2) is 4.39 Å². The second kappa shape index (κ2) is 4.82. The summed E-state index contributed by atoms with van der Waals surface area (Å²) >= 11 is 0. The average molecular weight is 272 g/mol. The molecule has 0 aliphatic heterocycles. The molecule has 0 saturated heterocycles. The van der Waals surface area contributed by atoms with E-state index in [0.29, 0.717) is 12.8 Å². The van der Waals surface area contributed by atoms with E-state index in [2.05, 4.69) is 6.58 Å². The molecular weight excluding hydrogens is 253 g/mol. The lowest BCUT2D eigenvalue weighted by Gasteiger charge is -2.52. The van der Waals surface area contributed by atoms with Crippen LogP contribution in [-0.2, 0) is 4.74 Å². The molecule has 0 aromatic rings. The van der Waals surface area contributed by atoms with Crippen LogP contribution in [0.3, 0.4) is 0 Å². The van der Waals surface area contributed by atoms with Gasteiger partial charge in [-0.3, -0.25) is 0 Å².